The molecule has 2 atom stereocenters. The standard InChI is InChI=1S/C33H39N3O4/c1-3-25-20-29(11-8-27(25)21-34)40-28-9-6-26(7-10-28)30-13-14-35-22-33(30)39-23-24-5-12-32-31(19-24)36(16-18-38-32)15-4-17-37-2/h5-12,19-20,30,33,35H,3-4,13-18,22-23H2,1-2H3/t30-,33+/m1/s1. The monoisotopic (exact) mass is 541 g/mol. The summed E-state index contributed by atoms with van der Waals surface area (Å²) in [5.41, 5.74) is 5.26. The first kappa shape index (κ1) is 28.0. The van der Waals surface area contributed by atoms with Gasteiger partial charge in [-0.05, 0) is 85.0 Å². The van der Waals surface area contributed by atoms with E-state index in [2.05, 4.69) is 46.6 Å². The maximum Gasteiger partial charge on any atom is 0.142 e. The number of piperidine rings is 1. The lowest BCUT2D eigenvalue weighted by Crippen LogP contribution is -2.41. The number of aryl methyl sites for hydroxylation is 1. The first-order chi connectivity index (χ1) is 19.7. The van der Waals surface area contributed by atoms with Crippen molar-refractivity contribution in [1.82, 2.24) is 5.32 Å². The van der Waals surface area contributed by atoms with E-state index < -0.39 is 0 Å². The predicted octanol–water partition coefficient (Wildman–Crippen LogP) is 5.81. The molecule has 0 aromatic heterocycles. The van der Waals surface area contributed by atoms with Gasteiger partial charge >= 0.3 is 0 Å². The summed E-state index contributed by atoms with van der Waals surface area (Å²) in [6.07, 6.45) is 2.88. The van der Waals surface area contributed by atoms with Crippen LogP contribution in [0.4, 0.5) is 5.69 Å². The first-order valence-electron chi connectivity index (χ1n) is 14.3. The second-order valence-electron chi connectivity index (χ2n) is 10.4. The molecule has 0 unspecified atom stereocenters. The van der Waals surface area contributed by atoms with Crippen molar-refractivity contribution in [3.8, 4) is 23.3 Å². The average molecular weight is 542 g/mol. The van der Waals surface area contributed by atoms with Crippen molar-refractivity contribution in [2.75, 3.05) is 51.4 Å². The number of hydrogen-bond donors (Lipinski definition) is 1. The molecule has 2 aliphatic rings. The van der Waals surface area contributed by atoms with Gasteiger partial charge in [0.15, 0.2) is 0 Å². The van der Waals surface area contributed by atoms with Gasteiger partial charge in [0.05, 0.1) is 36.6 Å². The zero-order chi connectivity index (χ0) is 27.7. The normalized spacial score (nSPS) is 18.5. The fraction of sp³-hybridized carbons (Fsp3) is 0.424. The Balaban J connectivity index is 1.22. The van der Waals surface area contributed by atoms with Crippen molar-refractivity contribution < 1.29 is 18.9 Å². The molecule has 7 nitrogen and oxygen atoms in total. The van der Waals surface area contributed by atoms with Gasteiger partial charge in [0.25, 0.3) is 0 Å². The van der Waals surface area contributed by atoms with Crippen LogP contribution in [0.1, 0.15) is 47.9 Å². The Hall–Kier alpha value is -3.57. The molecule has 1 saturated heterocycles. The third kappa shape index (κ3) is 6.76. The Bertz CT molecular complexity index is 1300. The van der Waals surface area contributed by atoms with Crippen molar-refractivity contribution in [2.24, 2.45) is 0 Å². The molecule has 0 aliphatic carbocycles. The zero-order valence-electron chi connectivity index (χ0n) is 23.5. The summed E-state index contributed by atoms with van der Waals surface area (Å²) < 4.78 is 23.8. The third-order valence-corrected chi connectivity index (χ3v) is 7.77. The van der Waals surface area contributed by atoms with E-state index >= 15 is 0 Å². The number of benzene rings is 3. The highest BCUT2D eigenvalue weighted by atomic mass is 16.5. The fourth-order valence-corrected chi connectivity index (χ4v) is 5.58. The third-order valence-electron chi connectivity index (χ3n) is 7.77. The van der Waals surface area contributed by atoms with Gasteiger partial charge in [0, 0.05) is 32.7 Å². The smallest absolute Gasteiger partial charge is 0.142 e. The van der Waals surface area contributed by atoms with Gasteiger partial charge in [-0.25, -0.2) is 0 Å². The Labute approximate surface area is 237 Å². The van der Waals surface area contributed by atoms with Crippen LogP contribution < -0.4 is 19.7 Å². The lowest BCUT2D eigenvalue weighted by Gasteiger charge is -2.33. The molecule has 1 fully saturated rings. The van der Waals surface area contributed by atoms with E-state index in [1.807, 2.05) is 37.3 Å². The summed E-state index contributed by atoms with van der Waals surface area (Å²) in [7, 11) is 1.75. The molecule has 7 heteroatoms. The molecule has 0 spiro atoms. The summed E-state index contributed by atoms with van der Waals surface area (Å²) in [6.45, 7) is 7.71. The minimum Gasteiger partial charge on any atom is -0.490 e. The van der Waals surface area contributed by atoms with Crippen LogP contribution in [-0.2, 0) is 22.5 Å². The summed E-state index contributed by atoms with van der Waals surface area (Å²) in [5.74, 6) is 2.79. The number of fused-ring (bicyclic) bond motifs is 1. The quantitative estimate of drug-likeness (QED) is 0.307. The molecule has 40 heavy (non-hydrogen) atoms. The van der Waals surface area contributed by atoms with Crippen molar-refractivity contribution in [2.45, 2.75) is 44.8 Å². The Morgan fingerprint density at radius 3 is 2.73 bits per heavy atom. The number of nitrogens with zero attached hydrogens (tertiary/aromatic N) is 2. The Morgan fingerprint density at radius 2 is 1.93 bits per heavy atom. The summed E-state index contributed by atoms with van der Waals surface area (Å²) in [5, 5.41) is 12.8. The molecule has 210 valence electrons. The molecule has 1 N–H and O–H groups in total. The van der Waals surface area contributed by atoms with Gasteiger partial charge in [-0.15, -0.1) is 0 Å². The number of anilines is 1. The van der Waals surface area contributed by atoms with E-state index in [-0.39, 0.29) is 6.10 Å². The van der Waals surface area contributed by atoms with Gasteiger partial charge in [-0.2, -0.15) is 5.26 Å². The second kappa shape index (κ2) is 13.7. The van der Waals surface area contributed by atoms with E-state index in [0.717, 1.165) is 86.1 Å². The fourth-order valence-electron chi connectivity index (χ4n) is 5.58. The van der Waals surface area contributed by atoms with Gasteiger partial charge in [-0.3, -0.25) is 0 Å². The van der Waals surface area contributed by atoms with Crippen LogP contribution in [0, 0.1) is 11.3 Å². The molecule has 2 heterocycles. The number of ether oxygens (including phenoxy) is 4. The highest BCUT2D eigenvalue weighted by Crippen LogP contribution is 2.34. The molecule has 5 rings (SSSR count). The van der Waals surface area contributed by atoms with Crippen LogP contribution in [0.15, 0.2) is 60.7 Å². The molecular formula is C33H39N3O4. The van der Waals surface area contributed by atoms with Crippen molar-refractivity contribution in [3.05, 3.63) is 82.9 Å². The zero-order valence-corrected chi connectivity index (χ0v) is 23.5. The number of methoxy groups -OCH3 is 1. The Morgan fingerprint density at radius 1 is 1.07 bits per heavy atom. The van der Waals surface area contributed by atoms with Gasteiger partial charge in [0.1, 0.15) is 23.9 Å². The van der Waals surface area contributed by atoms with Crippen LogP contribution in [0.25, 0.3) is 0 Å². The number of rotatable bonds is 11. The largest absolute Gasteiger partial charge is 0.490 e. The number of nitrogens with one attached hydrogen (secondary N) is 1. The molecule has 3 aromatic carbocycles. The SMILES string of the molecule is CCc1cc(Oc2ccc([C@H]3CCNC[C@@H]3OCc3ccc4c(c3)N(CCCOC)CCO4)cc2)ccc1C#N. The van der Waals surface area contributed by atoms with E-state index in [4.69, 9.17) is 18.9 Å². The summed E-state index contributed by atoms with van der Waals surface area (Å²) in [6, 6.07) is 22.6. The molecule has 3 aromatic rings. The van der Waals surface area contributed by atoms with Crippen molar-refractivity contribution in [1.29, 1.82) is 5.26 Å². The molecule has 2 aliphatic heterocycles. The number of hydrogen-bond acceptors (Lipinski definition) is 7. The number of nitriles is 1. The van der Waals surface area contributed by atoms with E-state index in [1.165, 1.54) is 5.56 Å². The van der Waals surface area contributed by atoms with Gasteiger partial charge in [0.2, 0.25) is 0 Å². The first-order valence-corrected chi connectivity index (χ1v) is 14.3. The second-order valence-corrected chi connectivity index (χ2v) is 10.4. The minimum atomic E-state index is 0.0799. The van der Waals surface area contributed by atoms with Crippen molar-refractivity contribution >= 4 is 5.69 Å². The molecule has 0 radical (unpaired) electrons. The Kier molecular flexibility index (Phi) is 9.56. The maximum absolute atomic E-state index is 9.29. The highest BCUT2D eigenvalue weighted by Gasteiger charge is 2.27. The molecule has 0 saturated carbocycles. The van der Waals surface area contributed by atoms with Crippen LogP contribution in [-0.4, -0.2) is 52.6 Å². The van der Waals surface area contributed by atoms with Crippen LogP contribution in [0.2, 0.25) is 0 Å². The molecular weight excluding hydrogens is 502 g/mol. The van der Waals surface area contributed by atoms with Gasteiger partial charge in [-0.1, -0.05) is 25.1 Å². The maximum atomic E-state index is 9.29. The van der Waals surface area contributed by atoms with E-state index in [9.17, 15) is 5.26 Å². The predicted molar refractivity (Wildman–Crippen MR) is 156 cm³/mol. The van der Waals surface area contributed by atoms with E-state index in [1.54, 1.807) is 7.11 Å². The topological polar surface area (TPSA) is 76.0 Å². The molecule has 0 amide bonds. The lowest BCUT2D eigenvalue weighted by atomic mass is 9.87. The van der Waals surface area contributed by atoms with Gasteiger partial charge < -0.3 is 29.2 Å². The van der Waals surface area contributed by atoms with Crippen LogP contribution in [0.5, 0.6) is 17.2 Å². The van der Waals surface area contributed by atoms with Crippen molar-refractivity contribution in [3.63, 3.8) is 0 Å². The summed E-state index contributed by atoms with van der Waals surface area (Å²) >= 11 is 0. The van der Waals surface area contributed by atoms with Crippen LogP contribution >= 0.6 is 0 Å². The van der Waals surface area contributed by atoms with Crippen LogP contribution in [0.3, 0.4) is 0 Å². The summed E-state index contributed by atoms with van der Waals surface area (Å²) in [4.78, 5) is 2.39. The minimum absolute atomic E-state index is 0.0799. The average Bonchev–Trinajstić information content (AvgIpc) is 3.00. The highest BCUT2D eigenvalue weighted by molar-refractivity contribution is 5.61. The lowest BCUT2D eigenvalue weighted by molar-refractivity contribution is 0.0106. The van der Waals surface area contributed by atoms with E-state index in [0.29, 0.717) is 24.7 Å². The molecule has 0 bridgehead atoms.